The number of hydrogen-bond acceptors (Lipinski definition) is 3. The molecule has 1 aromatic carbocycles. The molecule has 0 radical (unpaired) electrons. The summed E-state index contributed by atoms with van der Waals surface area (Å²) in [6.07, 6.45) is 1.56. The number of benzene rings is 1. The van der Waals surface area contributed by atoms with Crippen LogP contribution in [-0.2, 0) is 0 Å². The molecule has 1 heterocycles. The van der Waals surface area contributed by atoms with Gasteiger partial charge in [-0.3, -0.25) is 0 Å². The lowest BCUT2D eigenvalue weighted by molar-refractivity contribution is -0.00532. The van der Waals surface area contributed by atoms with Crippen LogP contribution >= 0.6 is 0 Å². The van der Waals surface area contributed by atoms with Gasteiger partial charge >= 0.3 is 5.71 Å². The molecule has 0 spiro atoms. The Balaban J connectivity index is 2.53. The van der Waals surface area contributed by atoms with E-state index in [-0.39, 0.29) is 5.84 Å². The normalized spacial score (nSPS) is 19.8. The molecule has 16 heavy (non-hydrogen) atoms. The predicted octanol–water partition coefficient (Wildman–Crippen LogP) is 0.396. The van der Waals surface area contributed by atoms with Gasteiger partial charge in [0.15, 0.2) is 6.04 Å². The van der Waals surface area contributed by atoms with E-state index >= 15 is 0 Å². The summed E-state index contributed by atoms with van der Waals surface area (Å²) in [6, 6.07) is 8.79. The second kappa shape index (κ2) is 4.10. The highest BCUT2D eigenvalue weighted by Crippen LogP contribution is 2.19. The van der Waals surface area contributed by atoms with E-state index in [9.17, 15) is 0 Å². The minimum atomic E-state index is -0.662. The van der Waals surface area contributed by atoms with Crippen LogP contribution in [0.5, 0.6) is 0 Å². The fraction of sp³-hybridized carbons (Fsp3) is 0.0909. The highest BCUT2D eigenvalue weighted by atomic mass is 15.0. The zero-order chi connectivity index (χ0) is 11.5. The largest absolute Gasteiger partial charge is 0.385 e. The van der Waals surface area contributed by atoms with E-state index in [1.165, 1.54) is 0 Å². The molecular weight excluding hydrogens is 202 g/mol. The summed E-state index contributed by atoms with van der Waals surface area (Å²) in [5.41, 5.74) is 22.2. The van der Waals surface area contributed by atoms with Crippen LogP contribution in [-0.4, -0.2) is 22.4 Å². The molecule has 0 aliphatic carbocycles. The Morgan fingerprint density at radius 3 is 2.56 bits per heavy atom. The maximum Gasteiger partial charge on any atom is 0.325 e. The topological polar surface area (TPSA) is 101 Å². The van der Waals surface area contributed by atoms with Gasteiger partial charge in [0.1, 0.15) is 5.84 Å². The van der Waals surface area contributed by atoms with E-state index in [0.29, 0.717) is 11.3 Å². The highest BCUT2D eigenvalue weighted by Gasteiger charge is 2.31. The van der Waals surface area contributed by atoms with Crippen molar-refractivity contribution in [3.63, 3.8) is 0 Å². The van der Waals surface area contributed by atoms with Crippen molar-refractivity contribution in [2.24, 2.45) is 16.5 Å². The first-order chi connectivity index (χ1) is 7.74. The maximum absolute atomic E-state index is 8.97. The summed E-state index contributed by atoms with van der Waals surface area (Å²) >= 11 is 0. The summed E-state index contributed by atoms with van der Waals surface area (Å²) in [7, 11) is 0. The van der Waals surface area contributed by atoms with Gasteiger partial charge in [0.25, 0.3) is 0 Å². The lowest BCUT2D eigenvalue weighted by Gasteiger charge is -2.13. The zero-order valence-electron chi connectivity index (χ0n) is 8.54. The Labute approximate surface area is 92.7 Å². The van der Waals surface area contributed by atoms with E-state index in [0.717, 1.165) is 5.56 Å². The highest BCUT2D eigenvalue weighted by molar-refractivity contribution is 6.31. The van der Waals surface area contributed by atoms with Crippen LogP contribution in [0.15, 0.2) is 41.5 Å². The zero-order valence-corrected chi connectivity index (χ0v) is 8.54. The average Bonchev–Trinajstić information content (AvgIpc) is 2.33. The third-order valence-electron chi connectivity index (χ3n) is 2.42. The van der Waals surface area contributed by atoms with Crippen molar-refractivity contribution in [1.82, 2.24) is 0 Å². The van der Waals surface area contributed by atoms with Crippen molar-refractivity contribution in [1.29, 1.82) is 0 Å². The van der Waals surface area contributed by atoms with Crippen LogP contribution in [0, 0.1) is 0 Å². The molecule has 0 saturated heterocycles. The van der Waals surface area contributed by atoms with Gasteiger partial charge in [-0.05, 0) is 5.56 Å². The first-order valence-corrected chi connectivity index (χ1v) is 4.80. The van der Waals surface area contributed by atoms with E-state index in [2.05, 4.69) is 9.78 Å². The van der Waals surface area contributed by atoms with Gasteiger partial charge in [0, 0.05) is 6.20 Å². The fourth-order valence-corrected chi connectivity index (χ4v) is 1.55. The average molecular weight is 213 g/mol. The molecule has 1 aliphatic heterocycles. The monoisotopic (exact) mass is 213 g/mol. The van der Waals surface area contributed by atoms with Crippen molar-refractivity contribution in [2.45, 2.75) is 6.04 Å². The summed E-state index contributed by atoms with van der Waals surface area (Å²) in [4.78, 5) is 7.18. The molecule has 0 aromatic heterocycles. The van der Waals surface area contributed by atoms with Crippen LogP contribution in [0.1, 0.15) is 5.56 Å². The first kappa shape index (κ1) is 10.3. The van der Waals surface area contributed by atoms with Gasteiger partial charge in [-0.2, -0.15) is 4.79 Å². The van der Waals surface area contributed by atoms with Crippen LogP contribution in [0.3, 0.4) is 0 Å². The van der Waals surface area contributed by atoms with E-state index in [4.69, 9.17) is 17.0 Å². The molecular formula is C11H11N5. The number of amidine groups is 1. The summed E-state index contributed by atoms with van der Waals surface area (Å²) < 4.78 is 0. The SMILES string of the molecule is [N-]=[N+]=C1C(c2ccccc2)=CN=C(N)C1N. The number of nitrogens with zero attached hydrogens (tertiary/aromatic N) is 3. The van der Waals surface area contributed by atoms with Gasteiger partial charge in [-0.15, -0.1) is 0 Å². The van der Waals surface area contributed by atoms with Gasteiger partial charge in [-0.1, -0.05) is 30.3 Å². The smallest absolute Gasteiger partial charge is 0.325 e. The van der Waals surface area contributed by atoms with Crippen LogP contribution < -0.4 is 11.5 Å². The number of hydrogen-bond donors (Lipinski definition) is 2. The van der Waals surface area contributed by atoms with Gasteiger partial charge < -0.3 is 17.0 Å². The Kier molecular flexibility index (Phi) is 2.64. The van der Waals surface area contributed by atoms with Crippen molar-refractivity contribution in [2.75, 3.05) is 0 Å². The molecule has 1 unspecified atom stereocenters. The Hall–Kier alpha value is -2.23. The lowest BCUT2D eigenvalue weighted by Crippen LogP contribution is -2.45. The summed E-state index contributed by atoms with van der Waals surface area (Å²) in [6.45, 7) is 0. The Morgan fingerprint density at radius 2 is 1.94 bits per heavy atom. The first-order valence-electron chi connectivity index (χ1n) is 4.80. The Bertz CT molecular complexity index is 508. The van der Waals surface area contributed by atoms with Crippen LogP contribution in [0.25, 0.3) is 11.1 Å². The fourth-order valence-electron chi connectivity index (χ4n) is 1.55. The second-order valence-corrected chi connectivity index (χ2v) is 3.43. The van der Waals surface area contributed by atoms with E-state index < -0.39 is 6.04 Å². The predicted molar refractivity (Wildman–Crippen MR) is 62.6 cm³/mol. The van der Waals surface area contributed by atoms with Gasteiger partial charge in [0.05, 0.1) is 5.57 Å². The van der Waals surface area contributed by atoms with Crippen molar-refractivity contribution in [3.8, 4) is 0 Å². The van der Waals surface area contributed by atoms with Crippen molar-refractivity contribution >= 4 is 17.1 Å². The molecule has 0 amide bonds. The molecule has 0 saturated carbocycles. The van der Waals surface area contributed by atoms with E-state index in [1.54, 1.807) is 6.20 Å². The molecule has 2 rings (SSSR count). The molecule has 0 fully saturated rings. The van der Waals surface area contributed by atoms with Crippen LogP contribution in [0.4, 0.5) is 0 Å². The third-order valence-corrected chi connectivity index (χ3v) is 2.42. The molecule has 80 valence electrons. The van der Waals surface area contributed by atoms with Crippen molar-refractivity contribution in [3.05, 3.63) is 47.6 Å². The summed E-state index contributed by atoms with van der Waals surface area (Å²) in [5, 5.41) is 0. The molecule has 4 N–H and O–H groups in total. The van der Waals surface area contributed by atoms with Crippen LogP contribution in [0.2, 0.25) is 0 Å². The Morgan fingerprint density at radius 1 is 1.25 bits per heavy atom. The third kappa shape index (κ3) is 1.65. The standard InChI is InChI=1S/C11H11N5/c12-9-10(16-14)8(6-15-11(9)13)7-4-2-1-3-5-7/h1-6,9H,12H2,(H2,13,15). The summed E-state index contributed by atoms with van der Waals surface area (Å²) in [5.74, 6) is 0.243. The molecule has 5 heteroatoms. The van der Waals surface area contributed by atoms with Gasteiger partial charge in [-0.25, -0.2) is 4.99 Å². The quantitative estimate of drug-likeness (QED) is 0.521. The van der Waals surface area contributed by atoms with Gasteiger partial charge in [0.2, 0.25) is 0 Å². The lowest BCUT2D eigenvalue weighted by atomic mass is 9.95. The minimum Gasteiger partial charge on any atom is -0.385 e. The number of rotatable bonds is 1. The number of aliphatic imine (C=N–C) groups is 1. The molecule has 5 nitrogen and oxygen atoms in total. The number of nitrogens with two attached hydrogens (primary N) is 2. The molecule has 0 bridgehead atoms. The second-order valence-electron chi connectivity index (χ2n) is 3.43. The molecule has 1 aromatic rings. The van der Waals surface area contributed by atoms with E-state index in [1.807, 2.05) is 30.3 Å². The maximum atomic E-state index is 8.97. The minimum absolute atomic E-state index is 0.243. The van der Waals surface area contributed by atoms with Crippen molar-refractivity contribution < 1.29 is 4.79 Å². The molecule has 1 aliphatic rings. The molecule has 1 atom stereocenters.